The molecule has 0 aliphatic heterocycles. The second-order valence-corrected chi connectivity index (χ2v) is 39.7. The van der Waals surface area contributed by atoms with Crippen LogP contribution in [0.2, 0.25) is 0 Å². The third-order valence-corrected chi connectivity index (χ3v) is 31.0. The minimum Gasteiger partial charge on any atom is -0.486 e. The van der Waals surface area contributed by atoms with Crippen LogP contribution < -0.4 is 9.47 Å². The third-order valence-electron chi connectivity index (χ3n) is 20.2. The number of aryl methyl sites for hydroxylation is 12. The summed E-state index contributed by atoms with van der Waals surface area (Å²) in [4.78, 5) is 85.0. The maximum absolute atomic E-state index is 14.0. The Balaban J connectivity index is 0.000000152. The summed E-state index contributed by atoms with van der Waals surface area (Å²) < 4.78 is 203. The summed E-state index contributed by atoms with van der Waals surface area (Å²) in [6, 6.07) is 30.9. The van der Waals surface area contributed by atoms with E-state index in [-0.39, 0.29) is 56.4 Å². The van der Waals surface area contributed by atoms with Gasteiger partial charge in [-0.2, -0.15) is 52.7 Å². The lowest BCUT2D eigenvalue weighted by Gasteiger charge is -2.08. The van der Waals surface area contributed by atoms with Crippen molar-refractivity contribution in [3.05, 3.63) is 253 Å². The van der Waals surface area contributed by atoms with Crippen molar-refractivity contribution in [2.24, 2.45) is 0 Å². The highest BCUT2D eigenvalue weighted by molar-refractivity contribution is 7.99. The number of aliphatic carboxylic acids is 4. The minimum absolute atomic E-state index is 0.0115. The van der Waals surface area contributed by atoms with E-state index in [9.17, 15) is 80.6 Å². The van der Waals surface area contributed by atoms with Crippen LogP contribution in [0, 0.1) is 67.0 Å². The number of carboxylic acid groups (broad SMARTS) is 4. The Hall–Kier alpha value is -11.4. The molecule has 0 fully saturated rings. The average Bonchev–Trinajstić information content (AvgIpc) is 1.57. The number of hydrogen-bond donors (Lipinski definition) is 4. The SMILES string of the molecule is Cc1nc(-c2ccc(C(F)(F)F)c(F)c2)sc1COc1ccc(C)c2nc(CCC(=O)O)sc12.Cc1nc(-c2ccc(C(F)(F)F)c(F)c2)sc1CSc1ccc(C)c2nc(CCC(=O)O)oc12.Cc1nc(-c2ccc(C(F)(F)F)cc2)sc1COc1ccc(C)c2nc(CCC(=O)O)sc12.Cc1nc(-c2ccc(C(F)(F)F)cc2)sc1CSc1ccc(C)c2nc(CCC(=O)O)sc12. The molecular weight excluding hydrogens is 1950 g/mol. The molecule has 8 aromatic heterocycles. The number of rotatable bonds is 28. The van der Waals surface area contributed by atoms with Gasteiger partial charge in [-0.15, -0.1) is 103 Å². The first-order valence-electron chi connectivity index (χ1n) is 40.2. The van der Waals surface area contributed by atoms with E-state index in [1.54, 1.807) is 25.6 Å². The molecule has 700 valence electrons. The largest absolute Gasteiger partial charge is 0.486 e. The van der Waals surface area contributed by atoms with Gasteiger partial charge in [0.15, 0.2) is 11.5 Å². The number of hydrogen-bond acceptors (Lipinski definition) is 24. The lowest BCUT2D eigenvalue weighted by molar-refractivity contribution is -0.140. The molecule has 16 aromatic rings. The Morgan fingerprint density at radius 3 is 1.04 bits per heavy atom. The topological polar surface area (TPSA) is 284 Å². The number of aromatic nitrogens is 8. The minimum atomic E-state index is -4.76. The zero-order valence-corrected chi connectivity index (χ0v) is 78.7. The van der Waals surface area contributed by atoms with Gasteiger partial charge in [0.2, 0.25) is 0 Å². The van der Waals surface area contributed by atoms with Crippen molar-refractivity contribution in [2.75, 3.05) is 0 Å². The molecule has 0 bridgehead atoms. The first kappa shape index (κ1) is 100. The van der Waals surface area contributed by atoms with Crippen molar-refractivity contribution in [2.45, 2.75) is 166 Å². The first-order chi connectivity index (χ1) is 63.3. The number of oxazole rings is 1. The molecule has 0 aliphatic rings. The van der Waals surface area contributed by atoms with Crippen molar-refractivity contribution < 1.29 is 115 Å². The number of thiazole rings is 7. The highest BCUT2D eigenvalue weighted by atomic mass is 32.2. The molecule has 0 spiro atoms. The van der Waals surface area contributed by atoms with E-state index in [2.05, 4.69) is 45.9 Å². The Kier molecular flexibility index (Phi) is 31.6. The fourth-order valence-electron chi connectivity index (χ4n) is 13.0. The summed E-state index contributed by atoms with van der Waals surface area (Å²) in [7, 11) is 0. The normalized spacial score (nSPS) is 11.9. The van der Waals surface area contributed by atoms with Gasteiger partial charge in [-0.25, -0.2) is 48.7 Å². The molecule has 42 heteroatoms. The maximum atomic E-state index is 14.0. The van der Waals surface area contributed by atoms with Crippen LogP contribution in [0.3, 0.4) is 0 Å². The van der Waals surface area contributed by atoms with Crippen LogP contribution in [-0.2, 0) is 94.3 Å². The van der Waals surface area contributed by atoms with Crippen molar-refractivity contribution in [3.8, 4) is 53.8 Å². The second-order valence-electron chi connectivity index (χ2n) is 30.0. The molecule has 8 heterocycles. The second kappa shape index (κ2) is 42.3. The quantitative estimate of drug-likeness (QED) is 0.0262. The van der Waals surface area contributed by atoms with Gasteiger partial charge in [0.1, 0.15) is 61.9 Å². The summed E-state index contributed by atoms with van der Waals surface area (Å²) in [6.45, 7) is 15.4. The zero-order valence-electron chi connectivity index (χ0n) is 71.4. The van der Waals surface area contributed by atoms with Crippen molar-refractivity contribution in [1.82, 2.24) is 39.9 Å². The standard InChI is InChI=1S/2C23H18F4N2O3S2.C23H19F3N2O3S2.C23H19F3N2O2S3/c1-11-3-6-16(21-20(11)29-18(32-21)7-8-19(30)31)33-10-17-12(2)28-22(34-17)13-4-5-14(15(24)9-13)23(25,26)27;1-11-3-6-16(21-20(11)29-18(34-21)7-8-19(30)31)32-10-17-12(2)28-22(33-17)13-4-5-14(15(24)9-13)23(25,26)27;2*1-12-3-8-16(21-20(12)28-18(33-21)9-10-19(29)30)31-11-17-13(2)27-22(32-17)14-4-6-15(7-5-14)23(24,25)26/h2*3-6,9H,7-8,10H2,1-2H3,(H,30,31);2*3-8H,9-11H2,1-2H3,(H,29,30). The van der Waals surface area contributed by atoms with E-state index in [1.807, 2.05) is 84.0 Å². The molecular formula is C92H74F14N8O11S9. The van der Waals surface area contributed by atoms with E-state index < -0.39 is 82.5 Å². The summed E-state index contributed by atoms with van der Waals surface area (Å²) in [5, 5.41) is 40.1. The lowest BCUT2D eigenvalue weighted by Crippen LogP contribution is -2.07. The van der Waals surface area contributed by atoms with Crippen LogP contribution in [0.5, 0.6) is 11.5 Å². The number of ether oxygens (including phenoxy) is 2. The van der Waals surface area contributed by atoms with Gasteiger partial charge in [-0.3, -0.25) is 19.2 Å². The summed E-state index contributed by atoms with van der Waals surface area (Å²) >= 11 is 12.8. The van der Waals surface area contributed by atoms with E-state index in [0.29, 0.717) is 113 Å². The number of alkyl halides is 12. The average molecular weight is 2020 g/mol. The number of carboxylic acids is 4. The molecule has 0 amide bonds. The molecule has 134 heavy (non-hydrogen) atoms. The number of fused-ring (bicyclic) bond motifs is 4. The van der Waals surface area contributed by atoms with Crippen LogP contribution in [0.25, 0.3) is 84.0 Å². The molecule has 19 nitrogen and oxygen atoms in total. The fourth-order valence-corrected chi connectivity index (χ4v) is 22.9. The molecule has 0 atom stereocenters. The van der Waals surface area contributed by atoms with E-state index >= 15 is 0 Å². The number of halogens is 14. The monoisotopic (exact) mass is 2020 g/mol. The first-order valence-corrected chi connectivity index (χ1v) is 47.9. The van der Waals surface area contributed by atoms with Crippen molar-refractivity contribution in [1.29, 1.82) is 0 Å². The molecule has 0 saturated heterocycles. The van der Waals surface area contributed by atoms with Gasteiger partial charge in [0, 0.05) is 74.1 Å². The van der Waals surface area contributed by atoms with Crippen LogP contribution >= 0.6 is 103 Å². The molecule has 0 unspecified atom stereocenters. The molecule has 8 aromatic carbocycles. The fraction of sp³-hybridized carbons (Fsp3) is 0.261. The van der Waals surface area contributed by atoms with E-state index in [4.69, 9.17) is 34.3 Å². The zero-order chi connectivity index (χ0) is 96.7. The van der Waals surface area contributed by atoms with Gasteiger partial charge in [0.25, 0.3) is 0 Å². The number of benzene rings is 8. The lowest BCUT2D eigenvalue weighted by atomic mass is 10.1. The van der Waals surface area contributed by atoms with Crippen LogP contribution in [0.15, 0.2) is 148 Å². The highest BCUT2D eigenvalue weighted by Crippen LogP contribution is 2.46. The molecule has 0 aliphatic carbocycles. The van der Waals surface area contributed by atoms with Crippen molar-refractivity contribution in [3.63, 3.8) is 0 Å². The predicted molar refractivity (Wildman–Crippen MR) is 493 cm³/mol. The van der Waals surface area contributed by atoms with Gasteiger partial charge >= 0.3 is 48.6 Å². The summed E-state index contributed by atoms with van der Waals surface area (Å²) in [6.07, 6.45) is -17.0. The van der Waals surface area contributed by atoms with Gasteiger partial charge in [-0.05, 0) is 150 Å². The molecule has 0 saturated carbocycles. The van der Waals surface area contributed by atoms with Gasteiger partial charge in [-0.1, -0.05) is 60.7 Å². The third kappa shape index (κ3) is 25.0. The number of nitrogens with zero attached hydrogens (tertiary/aromatic N) is 8. The highest BCUT2D eigenvalue weighted by Gasteiger charge is 2.37. The van der Waals surface area contributed by atoms with E-state index in [1.165, 1.54) is 128 Å². The summed E-state index contributed by atoms with van der Waals surface area (Å²) in [5.74, 6) is -3.43. The maximum Gasteiger partial charge on any atom is 0.419 e. The Morgan fingerprint density at radius 1 is 0.351 bits per heavy atom. The Bertz CT molecular complexity index is 6620. The van der Waals surface area contributed by atoms with E-state index in [0.717, 1.165) is 146 Å². The van der Waals surface area contributed by atoms with Crippen LogP contribution in [-0.4, -0.2) is 84.2 Å². The Morgan fingerprint density at radius 2 is 0.672 bits per heavy atom. The smallest absolute Gasteiger partial charge is 0.419 e. The van der Waals surface area contributed by atoms with Gasteiger partial charge < -0.3 is 34.3 Å². The molecule has 4 N–H and O–H groups in total. The van der Waals surface area contributed by atoms with Crippen LogP contribution in [0.4, 0.5) is 61.5 Å². The predicted octanol–water partition coefficient (Wildman–Crippen LogP) is 27.8. The number of carbonyl (C=O) groups is 4. The van der Waals surface area contributed by atoms with Crippen LogP contribution in [0.1, 0.15) is 133 Å². The molecule has 0 radical (unpaired) electrons. The van der Waals surface area contributed by atoms with Gasteiger partial charge in [0.05, 0.1) is 131 Å². The molecule has 16 rings (SSSR count). The number of thioether (sulfide) groups is 2. The summed E-state index contributed by atoms with van der Waals surface area (Å²) in [5.41, 5.74) is 8.36. The Labute approximate surface area is 790 Å². The van der Waals surface area contributed by atoms with Crippen molar-refractivity contribution >= 4 is 169 Å².